The average Bonchev–Trinajstić information content (AvgIpc) is 3.20. The van der Waals surface area contributed by atoms with Gasteiger partial charge in [0.05, 0.1) is 30.5 Å². The van der Waals surface area contributed by atoms with Crippen molar-refractivity contribution in [2.45, 2.75) is 38.0 Å². The summed E-state index contributed by atoms with van der Waals surface area (Å²) in [5.41, 5.74) is 3.21. The molecule has 1 aliphatic rings. The lowest BCUT2D eigenvalue weighted by molar-refractivity contribution is 0.0993. The van der Waals surface area contributed by atoms with Crippen molar-refractivity contribution in [3.8, 4) is 11.5 Å². The number of furan rings is 1. The van der Waals surface area contributed by atoms with E-state index in [1.807, 2.05) is 6.92 Å². The molecule has 1 aromatic heterocycles. The fraction of sp³-hybridized carbons (Fsp3) is 0.280. The first-order chi connectivity index (χ1) is 16.7. The number of sulfonamides is 1. The Bertz CT molecular complexity index is 1390. The molecule has 2 aromatic carbocycles. The van der Waals surface area contributed by atoms with E-state index in [4.69, 9.17) is 13.9 Å². The second-order valence-electron chi connectivity index (χ2n) is 8.19. The molecule has 0 spiro atoms. The second kappa shape index (κ2) is 9.83. The molecule has 0 bridgehead atoms. The molecular weight excluding hydrogens is 470 g/mol. The number of aryl methyl sites for hydroxylation is 2. The number of benzene rings is 2. The zero-order chi connectivity index (χ0) is 25.2. The Morgan fingerprint density at radius 3 is 2.46 bits per heavy atom. The molecule has 2 N–H and O–H groups in total. The zero-order valence-electron chi connectivity index (χ0n) is 20.0. The highest BCUT2D eigenvalue weighted by Crippen LogP contribution is 2.33. The molecule has 4 rings (SSSR count). The molecule has 35 heavy (non-hydrogen) atoms. The zero-order valence-corrected chi connectivity index (χ0v) is 20.8. The minimum Gasteiger partial charge on any atom is -0.497 e. The van der Waals surface area contributed by atoms with Crippen LogP contribution in [0, 0.1) is 13.8 Å². The number of hydrogen-bond acceptors (Lipinski definition) is 7. The summed E-state index contributed by atoms with van der Waals surface area (Å²) in [5, 5.41) is 7.02. The summed E-state index contributed by atoms with van der Waals surface area (Å²) >= 11 is 0. The number of nitrogens with one attached hydrogen (secondary N) is 2. The van der Waals surface area contributed by atoms with Gasteiger partial charge in [0.25, 0.3) is 15.9 Å². The highest BCUT2D eigenvalue weighted by molar-refractivity contribution is 7.89. The molecule has 0 atom stereocenters. The maximum absolute atomic E-state index is 13.1. The summed E-state index contributed by atoms with van der Waals surface area (Å²) in [7, 11) is -0.780. The number of hydrogen-bond donors (Lipinski definition) is 2. The van der Waals surface area contributed by atoms with Crippen LogP contribution >= 0.6 is 0 Å². The van der Waals surface area contributed by atoms with Gasteiger partial charge < -0.3 is 19.2 Å². The highest BCUT2D eigenvalue weighted by atomic mass is 32.2. The van der Waals surface area contributed by atoms with Gasteiger partial charge in [-0.1, -0.05) is 17.7 Å². The molecule has 1 heterocycles. The summed E-state index contributed by atoms with van der Waals surface area (Å²) in [6, 6.07) is 11.6. The van der Waals surface area contributed by atoms with Gasteiger partial charge in [-0.3, -0.25) is 4.79 Å². The Hall–Kier alpha value is -3.79. The van der Waals surface area contributed by atoms with E-state index in [2.05, 4.69) is 15.2 Å². The van der Waals surface area contributed by atoms with Gasteiger partial charge >= 0.3 is 0 Å². The molecule has 0 aliphatic heterocycles. The van der Waals surface area contributed by atoms with Gasteiger partial charge in [-0.05, 0) is 51.0 Å². The number of nitrogens with zero attached hydrogens (tertiary/aromatic N) is 1. The van der Waals surface area contributed by atoms with Crippen LogP contribution in [0.4, 0.5) is 5.69 Å². The van der Waals surface area contributed by atoms with E-state index >= 15 is 0 Å². The number of hydrazone groups is 1. The van der Waals surface area contributed by atoms with Gasteiger partial charge in [0.1, 0.15) is 17.3 Å². The smallest absolute Gasteiger partial charge is 0.291 e. The summed E-state index contributed by atoms with van der Waals surface area (Å²) in [5.74, 6) is 1.34. The molecule has 0 unspecified atom stereocenters. The molecule has 1 aliphatic carbocycles. The van der Waals surface area contributed by atoms with Crippen LogP contribution < -0.4 is 19.6 Å². The van der Waals surface area contributed by atoms with E-state index in [1.54, 1.807) is 44.4 Å². The number of methoxy groups -OCH3 is 2. The van der Waals surface area contributed by atoms with Crippen LogP contribution in [0.1, 0.15) is 45.8 Å². The van der Waals surface area contributed by atoms with Crippen molar-refractivity contribution in [2.24, 2.45) is 5.10 Å². The number of rotatable bonds is 7. The van der Waals surface area contributed by atoms with Crippen LogP contribution in [0.25, 0.3) is 0 Å². The molecule has 10 heteroatoms. The molecule has 1 amide bonds. The highest BCUT2D eigenvalue weighted by Gasteiger charge is 2.29. The number of carbonyl (C=O) groups is 1. The third-order valence-electron chi connectivity index (χ3n) is 5.82. The van der Waals surface area contributed by atoms with Crippen LogP contribution in [0.2, 0.25) is 0 Å². The lowest BCUT2D eigenvalue weighted by Gasteiger charge is -2.14. The van der Waals surface area contributed by atoms with Crippen LogP contribution in [0.3, 0.4) is 0 Å². The van der Waals surface area contributed by atoms with E-state index in [9.17, 15) is 13.2 Å². The van der Waals surface area contributed by atoms with E-state index in [-0.39, 0.29) is 10.7 Å². The maximum atomic E-state index is 13.1. The van der Waals surface area contributed by atoms with Crippen molar-refractivity contribution < 1.29 is 27.1 Å². The molecule has 184 valence electrons. The SMILES string of the molecule is COc1ccc(NC(=O)c2oc3c(c2C)/C(=N/NS(=O)(=O)c2ccc(C)cc2)CCC3)c(OC)c1. The topological polar surface area (TPSA) is 119 Å². The third-order valence-corrected chi connectivity index (χ3v) is 7.05. The van der Waals surface area contributed by atoms with Gasteiger partial charge in [0, 0.05) is 23.6 Å². The van der Waals surface area contributed by atoms with Crippen molar-refractivity contribution in [3.05, 3.63) is 70.7 Å². The van der Waals surface area contributed by atoms with Crippen LogP contribution in [0.15, 0.2) is 56.9 Å². The van der Waals surface area contributed by atoms with Gasteiger partial charge in [-0.2, -0.15) is 18.4 Å². The summed E-state index contributed by atoms with van der Waals surface area (Å²) in [6.07, 6.45) is 1.90. The maximum Gasteiger partial charge on any atom is 0.291 e. The Morgan fingerprint density at radius 2 is 1.77 bits per heavy atom. The van der Waals surface area contributed by atoms with E-state index in [0.29, 0.717) is 52.6 Å². The van der Waals surface area contributed by atoms with Crippen molar-refractivity contribution >= 4 is 27.3 Å². The second-order valence-corrected chi connectivity index (χ2v) is 9.86. The summed E-state index contributed by atoms with van der Waals surface area (Å²) in [6.45, 7) is 3.64. The van der Waals surface area contributed by atoms with Crippen molar-refractivity contribution in [1.29, 1.82) is 0 Å². The predicted octanol–water partition coefficient (Wildman–Crippen LogP) is 4.18. The number of carbonyl (C=O) groups excluding carboxylic acids is 1. The Balaban J connectivity index is 1.60. The first-order valence-electron chi connectivity index (χ1n) is 11.0. The minimum absolute atomic E-state index is 0.126. The minimum atomic E-state index is -3.83. The Kier molecular flexibility index (Phi) is 6.83. The fourth-order valence-corrected chi connectivity index (χ4v) is 4.79. The van der Waals surface area contributed by atoms with Crippen LogP contribution in [-0.2, 0) is 16.4 Å². The average molecular weight is 498 g/mol. The van der Waals surface area contributed by atoms with Crippen molar-refractivity contribution in [2.75, 3.05) is 19.5 Å². The number of fused-ring (bicyclic) bond motifs is 1. The van der Waals surface area contributed by atoms with E-state index in [0.717, 1.165) is 12.0 Å². The number of anilines is 1. The molecule has 3 aromatic rings. The van der Waals surface area contributed by atoms with Crippen molar-refractivity contribution in [1.82, 2.24) is 4.83 Å². The molecule has 0 saturated heterocycles. The van der Waals surface area contributed by atoms with Crippen molar-refractivity contribution in [3.63, 3.8) is 0 Å². The largest absolute Gasteiger partial charge is 0.497 e. The van der Waals surface area contributed by atoms with Gasteiger partial charge in [-0.25, -0.2) is 0 Å². The monoisotopic (exact) mass is 497 g/mol. The third kappa shape index (κ3) is 5.02. The lowest BCUT2D eigenvalue weighted by Crippen LogP contribution is -2.22. The standard InChI is InChI=1S/C25H27N3O6S/c1-15-8-11-18(12-9-15)35(30,31)28-27-20-6-5-7-21-23(20)16(2)24(34-21)25(29)26-19-13-10-17(32-3)14-22(19)33-4/h8-14,28H,5-7H2,1-4H3,(H,26,29)/b27-20+. The quantitative estimate of drug-likeness (QED) is 0.473. The molecule has 0 fully saturated rings. The summed E-state index contributed by atoms with van der Waals surface area (Å²) < 4.78 is 41.8. The van der Waals surface area contributed by atoms with Crippen LogP contribution in [-0.4, -0.2) is 34.3 Å². The normalized spacial score (nSPS) is 14.3. The fourth-order valence-electron chi connectivity index (χ4n) is 3.96. The lowest BCUT2D eigenvalue weighted by atomic mass is 9.93. The van der Waals surface area contributed by atoms with Gasteiger partial charge in [0.15, 0.2) is 5.76 Å². The Labute approximate surface area is 204 Å². The van der Waals surface area contributed by atoms with Crippen LogP contribution in [0.5, 0.6) is 11.5 Å². The molecule has 9 nitrogen and oxygen atoms in total. The first kappa shape index (κ1) is 24.3. The predicted molar refractivity (Wildman–Crippen MR) is 132 cm³/mol. The van der Waals surface area contributed by atoms with Gasteiger partial charge in [0.2, 0.25) is 0 Å². The van der Waals surface area contributed by atoms with E-state index in [1.165, 1.54) is 19.2 Å². The summed E-state index contributed by atoms with van der Waals surface area (Å²) in [4.78, 5) is 15.5. The molecule has 0 saturated carbocycles. The Morgan fingerprint density at radius 1 is 1.03 bits per heavy atom. The van der Waals surface area contributed by atoms with Gasteiger partial charge in [-0.15, -0.1) is 0 Å². The first-order valence-corrected chi connectivity index (χ1v) is 12.5. The van der Waals surface area contributed by atoms with E-state index < -0.39 is 15.9 Å². The number of ether oxygens (including phenoxy) is 2. The molecular formula is C25H27N3O6S. The molecule has 0 radical (unpaired) electrons. The number of amides is 1.